The minimum absolute atomic E-state index is 0.0723. The minimum Gasteiger partial charge on any atom is -0.481 e. The number of nitrogens with one attached hydrogen (secondary N) is 1. The van der Waals surface area contributed by atoms with Crippen LogP contribution in [0.1, 0.15) is 12.2 Å². The maximum atomic E-state index is 11.7. The summed E-state index contributed by atoms with van der Waals surface area (Å²) in [4.78, 5) is 23.7. The van der Waals surface area contributed by atoms with Gasteiger partial charge in [-0.25, -0.2) is 4.79 Å². The molecule has 0 aliphatic carbocycles. The molecule has 2 N–H and O–H groups in total. The summed E-state index contributed by atoms with van der Waals surface area (Å²) in [5, 5.41) is 18.9. The Balaban J connectivity index is 1.71. The lowest BCUT2D eigenvalue weighted by Gasteiger charge is -2.38. The van der Waals surface area contributed by atoms with E-state index in [2.05, 4.69) is 15.5 Å². The first kappa shape index (κ1) is 12.3. The van der Waals surface area contributed by atoms with Crippen LogP contribution in [0.25, 0.3) is 0 Å². The molecule has 0 bridgehead atoms. The highest BCUT2D eigenvalue weighted by Crippen LogP contribution is 2.18. The van der Waals surface area contributed by atoms with Crippen molar-refractivity contribution in [2.24, 2.45) is 13.0 Å². The number of aromatic nitrogens is 3. The minimum atomic E-state index is -0.820. The predicted octanol–water partition coefficient (Wildman–Crippen LogP) is -0.569. The fourth-order valence-electron chi connectivity index (χ4n) is 1.85. The summed E-state index contributed by atoms with van der Waals surface area (Å²) in [5.41, 5.74) is 0. The van der Waals surface area contributed by atoms with Crippen molar-refractivity contribution in [2.75, 3.05) is 13.1 Å². The van der Waals surface area contributed by atoms with Crippen LogP contribution in [0.5, 0.6) is 0 Å². The van der Waals surface area contributed by atoms with Gasteiger partial charge in [0.2, 0.25) is 0 Å². The van der Waals surface area contributed by atoms with Crippen LogP contribution < -0.4 is 5.32 Å². The molecule has 8 nitrogen and oxygen atoms in total. The summed E-state index contributed by atoms with van der Waals surface area (Å²) in [7, 11) is 1.80. The van der Waals surface area contributed by atoms with Gasteiger partial charge in [-0.3, -0.25) is 4.79 Å². The number of likely N-dealkylation sites (tertiary alicyclic amines) is 1. The zero-order valence-corrected chi connectivity index (χ0v) is 10.0. The van der Waals surface area contributed by atoms with Crippen LogP contribution in [-0.4, -0.2) is 49.9 Å². The molecule has 0 unspecified atom stereocenters. The Hall–Kier alpha value is -2.12. The maximum absolute atomic E-state index is 11.7. The van der Waals surface area contributed by atoms with Gasteiger partial charge in [0.1, 0.15) is 6.33 Å². The number of urea groups is 1. The van der Waals surface area contributed by atoms with Crippen molar-refractivity contribution >= 4 is 12.0 Å². The van der Waals surface area contributed by atoms with Crippen molar-refractivity contribution in [1.82, 2.24) is 25.0 Å². The van der Waals surface area contributed by atoms with Crippen LogP contribution in [0, 0.1) is 5.92 Å². The van der Waals surface area contributed by atoms with E-state index in [1.54, 1.807) is 22.8 Å². The van der Waals surface area contributed by atoms with E-state index < -0.39 is 5.97 Å². The van der Waals surface area contributed by atoms with Crippen molar-refractivity contribution in [3.05, 3.63) is 12.2 Å². The zero-order valence-electron chi connectivity index (χ0n) is 10.0. The van der Waals surface area contributed by atoms with Crippen molar-refractivity contribution in [1.29, 1.82) is 0 Å². The molecule has 1 aromatic rings. The molecule has 2 heterocycles. The molecule has 2 rings (SSSR count). The lowest BCUT2D eigenvalue weighted by atomic mass is 9.97. The number of nitrogens with zero attached hydrogens (tertiary/aromatic N) is 4. The Morgan fingerprint density at radius 1 is 1.56 bits per heavy atom. The highest BCUT2D eigenvalue weighted by molar-refractivity contribution is 5.75. The third-order valence-corrected chi connectivity index (χ3v) is 2.91. The van der Waals surface area contributed by atoms with Gasteiger partial charge in [-0.05, 0) is 0 Å². The number of rotatable bonds is 4. The smallest absolute Gasteiger partial charge is 0.317 e. The number of aryl methyl sites for hydroxylation is 1. The normalized spacial score (nSPS) is 15.3. The standard InChI is InChI=1S/C10H15N5O3/c1-14-6-12-13-8(14)3-11-10(18)15-4-7(5-15)2-9(16)17/h6-7H,2-5H2,1H3,(H,11,18)(H,16,17). The highest BCUT2D eigenvalue weighted by atomic mass is 16.4. The number of carbonyl (C=O) groups excluding carboxylic acids is 1. The summed E-state index contributed by atoms with van der Waals surface area (Å²) >= 11 is 0. The zero-order chi connectivity index (χ0) is 13.1. The largest absolute Gasteiger partial charge is 0.481 e. The van der Waals surface area contributed by atoms with E-state index in [0.717, 1.165) is 0 Å². The van der Waals surface area contributed by atoms with E-state index in [-0.39, 0.29) is 18.4 Å². The molecule has 0 spiro atoms. The van der Waals surface area contributed by atoms with Crippen LogP contribution in [0.3, 0.4) is 0 Å². The van der Waals surface area contributed by atoms with Crippen LogP contribution in [0.4, 0.5) is 4.79 Å². The first-order valence-corrected chi connectivity index (χ1v) is 5.63. The molecule has 1 aliphatic heterocycles. The first-order valence-electron chi connectivity index (χ1n) is 5.63. The second-order valence-corrected chi connectivity index (χ2v) is 4.39. The molecule has 1 aliphatic rings. The van der Waals surface area contributed by atoms with Gasteiger partial charge in [-0.2, -0.15) is 0 Å². The molecular weight excluding hydrogens is 238 g/mol. The van der Waals surface area contributed by atoms with E-state index in [0.29, 0.717) is 25.5 Å². The third kappa shape index (κ3) is 2.76. The quantitative estimate of drug-likeness (QED) is 0.748. The van der Waals surface area contributed by atoms with Gasteiger partial charge in [0.15, 0.2) is 5.82 Å². The molecule has 2 amide bonds. The number of amides is 2. The molecule has 0 aromatic carbocycles. The van der Waals surface area contributed by atoms with E-state index in [9.17, 15) is 9.59 Å². The average Bonchev–Trinajstić information content (AvgIpc) is 2.65. The Kier molecular flexibility index (Phi) is 3.45. The molecule has 98 valence electrons. The Morgan fingerprint density at radius 3 is 2.83 bits per heavy atom. The number of hydrogen-bond donors (Lipinski definition) is 2. The lowest BCUT2D eigenvalue weighted by Crippen LogP contribution is -2.54. The average molecular weight is 253 g/mol. The molecule has 8 heteroatoms. The summed E-state index contributed by atoms with van der Waals surface area (Å²) in [5.74, 6) is -0.0758. The highest BCUT2D eigenvalue weighted by Gasteiger charge is 2.31. The number of carboxylic acid groups (broad SMARTS) is 1. The van der Waals surface area contributed by atoms with Crippen molar-refractivity contribution in [2.45, 2.75) is 13.0 Å². The summed E-state index contributed by atoms with van der Waals surface area (Å²) < 4.78 is 1.73. The van der Waals surface area contributed by atoms with Crippen molar-refractivity contribution in [3.63, 3.8) is 0 Å². The number of aliphatic carboxylic acids is 1. The molecule has 0 atom stereocenters. The van der Waals surface area contributed by atoms with Gasteiger partial charge in [0.05, 0.1) is 13.0 Å². The van der Waals surface area contributed by atoms with Crippen LogP contribution >= 0.6 is 0 Å². The van der Waals surface area contributed by atoms with Gasteiger partial charge in [0, 0.05) is 26.1 Å². The first-order chi connectivity index (χ1) is 8.56. The SMILES string of the molecule is Cn1cnnc1CNC(=O)N1CC(CC(=O)O)C1. The van der Waals surface area contributed by atoms with Gasteiger partial charge in [-0.1, -0.05) is 0 Å². The van der Waals surface area contributed by atoms with Crippen molar-refractivity contribution in [3.8, 4) is 0 Å². The van der Waals surface area contributed by atoms with Crippen LogP contribution in [0.2, 0.25) is 0 Å². The second-order valence-electron chi connectivity index (χ2n) is 4.39. The second kappa shape index (κ2) is 5.03. The Morgan fingerprint density at radius 2 is 2.28 bits per heavy atom. The summed E-state index contributed by atoms with van der Waals surface area (Å²) in [6, 6.07) is -0.195. The third-order valence-electron chi connectivity index (χ3n) is 2.91. The number of hydrogen-bond acceptors (Lipinski definition) is 4. The molecule has 1 aromatic heterocycles. The van der Waals surface area contributed by atoms with E-state index >= 15 is 0 Å². The summed E-state index contributed by atoms with van der Waals surface area (Å²) in [6.07, 6.45) is 1.68. The van der Waals surface area contributed by atoms with Gasteiger partial charge in [0.25, 0.3) is 0 Å². The van der Waals surface area contributed by atoms with Crippen LogP contribution in [0.15, 0.2) is 6.33 Å². The number of carboxylic acids is 1. The molecular formula is C10H15N5O3. The van der Waals surface area contributed by atoms with Crippen LogP contribution in [-0.2, 0) is 18.4 Å². The Labute approximate surface area is 104 Å². The maximum Gasteiger partial charge on any atom is 0.317 e. The van der Waals surface area contributed by atoms with E-state index in [1.807, 2.05) is 0 Å². The summed E-state index contributed by atoms with van der Waals surface area (Å²) in [6.45, 7) is 1.31. The molecule has 0 saturated carbocycles. The molecule has 1 fully saturated rings. The molecule has 1 saturated heterocycles. The number of carbonyl (C=O) groups is 2. The van der Waals surface area contributed by atoms with Crippen molar-refractivity contribution < 1.29 is 14.7 Å². The monoisotopic (exact) mass is 253 g/mol. The lowest BCUT2D eigenvalue weighted by molar-refractivity contribution is -0.139. The fraction of sp³-hybridized carbons (Fsp3) is 0.600. The van der Waals surface area contributed by atoms with Gasteiger partial charge >= 0.3 is 12.0 Å². The predicted molar refractivity (Wildman–Crippen MR) is 60.6 cm³/mol. The molecule has 0 radical (unpaired) electrons. The van der Waals surface area contributed by atoms with E-state index in [1.165, 1.54) is 0 Å². The Bertz CT molecular complexity index is 452. The molecule has 18 heavy (non-hydrogen) atoms. The topological polar surface area (TPSA) is 100 Å². The van der Waals surface area contributed by atoms with Gasteiger partial charge in [-0.15, -0.1) is 10.2 Å². The van der Waals surface area contributed by atoms with Gasteiger partial charge < -0.3 is 19.9 Å². The fourth-order valence-corrected chi connectivity index (χ4v) is 1.85. The van der Waals surface area contributed by atoms with E-state index in [4.69, 9.17) is 5.11 Å².